The molecule has 2 aliphatic rings. The SMILES string of the molecule is COc1ccccc1Cc1cnc([C@H]2CCCN(C(=O)CN3CCCC3=O)C2)o1. The third-order valence-electron chi connectivity index (χ3n) is 5.75. The fourth-order valence-electron chi connectivity index (χ4n) is 4.17. The summed E-state index contributed by atoms with van der Waals surface area (Å²) in [7, 11) is 1.66. The first kappa shape index (κ1) is 19.5. The van der Waals surface area contributed by atoms with Crippen molar-refractivity contribution < 1.29 is 18.7 Å². The van der Waals surface area contributed by atoms with Crippen molar-refractivity contribution in [2.24, 2.45) is 0 Å². The van der Waals surface area contributed by atoms with E-state index in [1.54, 1.807) is 18.2 Å². The molecule has 4 rings (SSSR count). The van der Waals surface area contributed by atoms with Gasteiger partial charge in [-0.05, 0) is 25.3 Å². The number of aromatic nitrogens is 1. The molecule has 0 saturated carbocycles. The van der Waals surface area contributed by atoms with E-state index in [1.807, 2.05) is 29.2 Å². The van der Waals surface area contributed by atoms with E-state index < -0.39 is 0 Å². The van der Waals surface area contributed by atoms with Crippen molar-refractivity contribution in [3.8, 4) is 5.75 Å². The number of nitrogens with zero attached hydrogens (tertiary/aromatic N) is 3. The van der Waals surface area contributed by atoms with Gasteiger partial charge in [0.2, 0.25) is 11.8 Å². The Morgan fingerprint density at radius 2 is 2.14 bits per heavy atom. The lowest BCUT2D eigenvalue weighted by Gasteiger charge is -2.32. The second-order valence-corrected chi connectivity index (χ2v) is 7.75. The number of carbonyl (C=O) groups excluding carboxylic acids is 2. The van der Waals surface area contributed by atoms with Crippen LogP contribution >= 0.6 is 0 Å². The first-order chi connectivity index (χ1) is 14.1. The largest absolute Gasteiger partial charge is 0.496 e. The molecular weight excluding hydrogens is 370 g/mol. The van der Waals surface area contributed by atoms with Gasteiger partial charge in [0.15, 0.2) is 5.89 Å². The van der Waals surface area contributed by atoms with Crippen molar-refractivity contribution in [2.45, 2.75) is 38.0 Å². The van der Waals surface area contributed by atoms with Gasteiger partial charge in [0.25, 0.3) is 0 Å². The summed E-state index contributed by atoms with van der Waals surface area (Å²) in [5, 5.41) is 0. The number of methoxy groups -OCH3 is 1. The lowest BCUT2D eigenvalue weighted by atomic mass is 9.98. The summed E-state index contributed by atoms with van der Waals surface area (Å²) in [6, 6.07) is 7.87. The topological polar surface area (TPSA) is 75.9 Å². The van der Waals surface area contributed by atoms with Crippen LogP contribution in [0.4, 0.5) is 0 Å². The predicted octanol–water partition coefficient (Wildman–Crippen LogP) is 2.60. The van der Waals surface area contributed by atoms with Crippen LogP contribution in [0.25, 0.3) is 0 Å². The monoisotopic (exact) mass is 397 g/mol. The van der Waals surface area contributed by atoms with E-state index in [1.165, 1.54) is 0 Å². The van der Waals surface area contributed by atoms with Crippen LogP contribution in [0.1, 0.15) is 48.8 Å². The normalized spacial score (nSPS) is 19.6. The van der Waals surface area contributed by atoms with Gasteiger partial charge in [-0.15, -0.1) is 0 Å². The van der Waals surface area contributed by atoms with Gasteiger partial charge in [0.05, 0.1) is 25.8 Å². The van der Waals surface area contributed by atoms with Gasteiger partial charge in [-0.1, -0.05) is 18.2 Å². The zero-order valence-corrected chi connectivity index (χ0v) is 16.8. The van der Waals surface area contributed by atoms with E-state index in [9.17, 15) is 9.59 Å². The minimum Gasteiger partial charge on any atom is -0.496 e. The summed E-state index contributed by atoms with van der Waals surface area (Å²) in [5.74, 6) is 2.50. The fourth-order valence-corrected chi connectivity index (χ4v) is 4.17. The molecule has 2 amide bonds. The second kappa shape index (κ2) is 8.68. The van der Waals surface area contributed by atoms with Crippen LogP contribution in [-0.2, 0) is 16.0 Å². The molecule has 2 saturated heterocycles. The highest BCUT2D eigenvalue weighted by molar-refractivity contribution is 5.86. The maximum Gasteiger partial charge on any atom is 0.242 e. The number of ether oxygens (including phenoxy) is 1. The Morgan fingerprint density at radius 1 is 1.28 bits per heavy atom. The van der Waals surface area contributed by atoms with Gasteiger partial charge in [-0.2, -0.15) is 0 Å². The molecule has 154 valence electrons. The lowest BCUT2D eigenvalue weighted by molar-refractivity contribution is -0.139. The number of piperidine rings is 1. The Labute approximate surface area is 170 Å². The first-order valence-electron chi connectivity index (χ1n) is 10.3. The van der Waals surface area contributed by atoms with E-state index in [2.05, 4.69) is 4.98 Å². The van der Waals surface area contributed by atoms with Crippen molar-refractivity contribution in [1.82, 2.24) is 14.8 Å². The number of likely N-dealkylation sites (tertiary alicyclic amines) is 2. The van der Waals surface area contributed by atoms with E-state index in [0.29, 0.717) is 31.8 Å². The summed E-state index contributed by atoms with van der Waals surface area (Å²) in [6.45, 7) is 2.20. The van der Waals surface area contributed by atoms with Crippen LogP contribution in [0, 0.1) is 0 Å². The Hall–Kier alpha value is -2.83. The number of amides is 2. The van der Waals surface area contributed by atoms with Crippen LogP contribution < -0.4 is 4.74 Å². The van der Waals surface area contributed by atoms with Gasteiger partial charge in [-0.25, -0.2) is 4.98 Å². The summed E-state index contributed by atoms with van der Waals surface area (Å²) in [5.41, 5.74) is 1.05. The number of para-hydroxylation sites is 1. The molecule has 0 unspecified atom stereocenters. The van der Waals surface area contributed by atoms with Crippen LogP contribution in [0.3, 0.4) is 0 Å². The molecule has 7 heteroatoms. The number of benzene rings is 1. The van der Waals surface area contributed by atoms with Gasteiger partial charge in [-0.3, -0.25) is 9.59 Å². The smallest absolute Gasteiger partial charge is 0.242 e. The molecule has 0 aliphatic carbocycles. The maximum atomic E-state index is 12.7. The summed E-state index contributed by atoms with van der Waals surface area (Å²) in [4.78, 5) is 32.5. The molecular formula is C22H27N3O4. The molecule has 2 aromatic rings. The van der Waals surface area contributed by atoms with Crippen LogP contribution in [0.15, 0.2) is 34.9 Å². The van der Waals surface area contributed by atoms with E-state index in [-0.39, 0.29) is 24.3 Å². The van der Waals surface area contributed by atoms with Crippen molar-refractivity contribution in [3.05, 3.63) is 47.7 Å². The zero-order chi connectivity index (χ0) is 20.2. The Morgan fingerprint density at radius 3 is 2.93 bits per heavy atom. The number of hydrogen-bond acceptors (Lipinski definition) is 5. The average Bonchev–Trinajstić information content (AvgIpc) is 3.38. The van der Waals surface area contributed by atoms with Gasteiger partial charge >= 0.3 is 0 Å². The van der Waals surface area contributed by atoms with Gasteiger partial charge < -0.3 is 19.0 Å². The third kappa shape index (κ3) is 4.44. The molecule has 1 aromatic carbocycles. The minimum atomic E-state index is 0.0192. The quantitative estimate of drug-likeness (QED) is 0.749. The molecule has 0 N–H and O–H groups in total. The third-order valence-corrected chi connectivity index (χ3v) is 5.75. The van der Waals surface area contributed by atoms with Crippen LogP contribution in [0.5, 0.6) is 5.75 Å². The van der Waals surface area contributed by atoms with E-state index in [4.69, 9.17) is 9.15 Å². The number of rotatable bonds is 6. The Bertz CT molecular complexity index is 878. The highest BCUT2D eigenvalue weighted by Gasteiger charge is 2.30. The summed E-state index contributed by atoms with van der Waals surface area (Å²) in [6.07, 6.45) is 5.64. The molecule has 0 radical (unpaired) electrons. The molecule has 29 heavy (non-hydrogen) atoms. The summed E-state index contributed by atoms with van der Waals surface area (Å²) < 4.78 is 11.4. The summed E-state index contributed by atoms with van der Waals surface area (Å²) >= 11 is 0. The fraction of sp³-hybridized carbons (Fsp3) is 0.500. The van der Waals surface area contributed by atoms with E-state index in [0.717, 1.165) is 42.9 Å². The number of hydrogen-bond donors (Lipinski definition) is 0. The Kier molecular flexibility index (Phi) is 5.83. The maximum absolute atomic E-state index is 12.7. The highest BCUT2D eigenvalue weighted by Crippen LogP contribution is 2.28. The average molecular weight is 397 g/mol. The van der Waals surface area contributed by atoms with Crippen molar-refractivity contribution in [3.63, 3.8) is 0 Å². The van der Waals surface area contributed by atoms with Crippen molar-refractivity contribution in [2.75, 3.05) is 33.3 Å². The molecule has 2 aliphatic heterocycles. The standard InChI is InChI=1S/C22H27N3O4/c1-28-19-8-3-2-6-16(19)12-18-13-23-22(29-18)17-7-4-10-24(14-17)21(27)15-25-11-5-9-20(25)26/h2-3,6,8,13,17H,4-5,7,9-12,14-15H2,1H3/t17-/m0/s1. The zero-order valence-electron chi connectivity index (χ0n) is 16.8. The van der Waals surface area contributed by atoms with Crippen LogP contribution in [-0.4, -0.2) is 59.9 Å². The van der Waals surface area contributed by atoms with E-state index >= 15 is 0 Å². The molecule has 1 aromatic heterocycles. The molecule has 2 fully saturated rings. The first-order valence-corrected chi connectivity index (χ1v) is 10.3. The molecule has 7 nitrogen and oxygen atoms in total. The van der Waals surface area contributed by atoms with Crippen LogP contribution in [0.2, 0.25) is 0 Å². The predicted molar refractivity (Wildman–Crippen MR) is 107 cm³/mol. The molecule has 3 heterocycles. The minimum absolute atomic E-state index is 0.0192. The number of oxazole rings is 1. The lowest BCUT2D eigenvalue weighted by Crippen LogP contribution is -2.45. The molecule has 0 spiro atoms. The van der Waals surface area contributed by atoms with Crippen molar-refractivity contribution in [1.29, 1.82) is 0 Å². The number of carbonyl (C=O) groups is 2. The molecule has 1 atom stereocenters. The van der Waals surface area contributed by atoms with Crippen molar-refractivity contribution >= 4 is 11.8 Å². The molecule has 0 bridgehead atoms. The van der Waals surface area contributed by atoms with Gasteiger partial charge in [0, 0.05) is 38.0 Å². The van der Waals surface area contributed by atoms with Gasteiger partial charge in [0.1, 0.15) is 11.5 Å². The highest BCUT2D eigenvalue weighted by atomic mass is 16.5. The second-order valence-electron chi connectivity index (χ2n) is 7.75. The Balaban J connectivity index is 1.38.